The van der Waals surface area contributed by atoms with E-state index in [0.717, 1.165) is 17.9 Å². The van der Waals surface area contributed by atoms with Gasteiger partial charge in [0.1, 0.15) is 11.5 Å². The number of fused-ring (bicyclic) bond motifs is 1. The maximum atomic E-state index is 5.77. The van der Waals surface area contributed by atoms with Crippen molar-refractivity contribution >= 4 is 11.6 Å². The molecule has 1 aromatic rings. The standard InChI is InChI=1S/C10H14ClNO/c1-6-3-4-8-9(5-11)12-13-10(8)7(6)2/h6-7H,3-5H2,1-2H3. The minimum atomic E-state index is 0.472. The molecule has 0 saturated heterocycles. The van der Waals surface area contributed by atoms with Gasteiger partial charge in [0.05, 0.1) is 5.88 Å². The molecular weight excluding hydrogens is 186 g/mol. The van der Waals surface area contributed by atoms with E-state index in [1.54, 1.807) is 0 Å². The molecule has 0 aromatic carbocycles. The Labute approximate surface area is 83.2 Å². The number of hydrogen-bond donors (Lipinski definition) is 0. The third-order valence-electron chi connectivity index (χ3n) is 3.14. The second-order valence-corrected chi connectivity index (χ2v) is 4.18. The van der Waals surface area contributed by atoms with Crippen LogP contribution in [0, 0.1) is 5.92 Å². The first-order valence-electron chi connectivity index (χ1n) is 4.77. The molecular formula is C10H14ClNO. The number of aromatic nitrogens is 1. The zero-order chi connectivity index (χ0) is 9.42. The molecule has 0 radical (unpaired) electrons. The van der Waals surface area contributed by atoms with Crippen LogP contribution < -0.4 is 0 Å². The molecule has 0 N–H and O–H groups in total. The van der Waals surface area contributed by atoms with E-state index in [4.69, 9.17) is 16.1 Å². The Bertz CT molecular complexity index is 308. The summed E-state index contributed by atoms with van der Waals surface area (Å²) in [5.41, 5.74) is 2.20. The van der Waals surface area contributed by atoms with Gasteiger partial charge in [-0.1, -0.05) is 19.0 Å². The van der Waals surface area contributed by atoms with Gasteiger partial charge in [0, 0.05) is 11.5 Å². The van der Waals surface area contributed by atoms with Gasteiger partial charge in [0.25, 0.3) is 0 Å². The van der Waals surface area contributed by atoms with Gasteiger partial charge >= 0.3 is 0 Å². The highest BCUT2D eigenvalue weighted by atomic mass is 35.5. The smallest absolute Gasteiger partial charge is 0.143 e. The van der Waals surface area contributed by atoms with Crippen molar-refractivity contribution in [1.29, 1.82) is 0 Å². The van der Waals surface area contributed by atoms with Crippen molar-refractivity contribution in [2.75, 3.05) is 0 Å². The molecule has 3 heteroatoms. The number of hydrogen-bond acceptors (Lipinski definition) is 2. The van der Waals surface area contributed by atoms with Crippen LogP contribution in [-0.4, -0.2) is 5.16 Å². The lowest BCUT2D eigenvalue weighted by Crippen LogP contribution is -2.14. The first-order valence-corrected chi connectivity index (χ1v) is 5.30. The zero-order valence-electron chi connectivity index (χ0n) is 8.01. The van der Waals surface area contributed by atoms with Crippen LogP contribution in [0.1, 0.15) is 43.2 Å². The summed E-state index contributed by atoms with van der Waals surface area (Å²) in [5.74, 6) is 2.73. The summed E-state index contributed by atoms with van der Waals surface area (Å²) in [6.07, 6.45) is 2.30. The van der Waals surface area contributed by atoms with Crippen LogP contribution in [0.15, 0.2) is 4.52 Å². The van der Waals surface area contributed by atoms with E-state index in [1.165, 1.54) is 12.0 Å². The molecule has 72 valence electrons. The summed E-state index contributed by atoms with van der Waals surface area (Å²) < 4.78 is 5.33. The van der Waals surface area contributed by atoms with Gasteiger partial charge in [-0.2, -0.15) is 0 Å². The Kier molecular flexibility index (Phi) is 2.33. The largest absolute Gasteiger partial charge is 0.361 e. The van der Waals surface area contributed by atoms with Gasteiger partial charge in [-0.3, -0.25) is 0 Å². The molecule has 1 heterocycles. The Hall–Kier alpha value is -0.500. The van der Waals surface area contributed by atoms with Gasteiger partial charge < -0.3 is 4.52 Å². The van der Waals surface area contributed by atoms with E-state index in [2.05, 4.69) is 19.0 Å². The average Bonchev–Trinajstić information content (AvgIpc) is 2.55. The second-order valence-electron chi connectivity index (χ2n) is 3.91. The molecule has 2 unspecified atom stereocenters. The molecule has 0 aliphatic heterocycles. The molecule has 13 heavy (non-hydrogen) atoms. The highest BCUT2D eigenvalue weighted by Crippen LogP contribution is 2.37. The normalized spacial score (nSPS) is 27.3. The van der Waals surface area contributed by atoms with Gasteiger partial charge in [-0.05, 0) is 18.8 Å². The Balaban J connectivity index is 2.39. The predicted octanol–water partition coefficient (Wildman–Crippen LogP) is 3.10. The van der Waals surface area contributed by atoms with Gasteiger partial charge in [-0.15, -0.1) is 11.6 Å². The van der Waals surface area contributed by atoms with Crippen molar-refractivity contribution in [3.8, 4) is 0 Å². The lowest BCUT2D eigenvalue weighted by molar-refractivity contribution is 0.307. The Morgan fingerprint density at radius 3 is 3.00 bits per heavy atom. The Morgan fingerprint density at radius 2 is 2.31 bits per heavy atom. The van der Waals surface area contributed by atoms with Crippen molar-refractivity contribution in [3.05, 3.63) is 17.0 Å². The molecule has 0 fully saturated rings. The van der Waals surface area contributed by atoms with Crippen molar-refractivity contribution in [2.24, 2.45) is 5.92 Å². The molecule has 0 amide bonds. The summed E-state index contributed by atoms with van der Waals surface area (Å²) in [4.78, 5) is 0. The maximum absolute atomic E-state index is 5.77. The topological polar surface area (TPSA) is 26.0 Å². The number of rotatable bonds is 1. The number of alkyl halides is 1. The van der Waals surface area contributed by atoms with E-state index < -0.39 is 0 Å². The molecule has 0 bridgehead atoms. The van der Waals surface area contributed by atoms with Gasteiger partial charge in [0.15, 0.2) is 0 Å². The van der Waals surface area contributed by atoms with Crippen LogP contribution in [0.25, 0.3) is 0 Å². The summed E-state index contributed by atoms with van der Waals surface area (Å²) in [6.45, 7) is 4.46. The molecule has 2 rings (SSSR count). The molecule has 2 nitrogen and oxygen atoms in total. The molecule has 1 aliphatic rings. The van der Waals surface area contributed by atoms with E-state index in [9.17, 15) is 0 Å². The van der Waals surface area contributed by atoms with E-state index in [-0.39, 0.29) is 0 Å². The number of halogens is 1. The van der Waals surface area contributed by atoms with Crippen molar-refractivity contribution in [2.45, 2.75) is 38.5 Å². The zero-order valence-corrected chi connectivity index (χ0v) is 8.77. The lowest BCUT2D eigenvalue weighted by Gasteiger charge is -2.23. The van der Waals surface area contributed by atoms with Crippen LogP contribution >= 0.6 is 11.6 Å². The van der Waals surface area contributed by atoms with Crippen molar-refractivity contribution < 1.29 is 4.52 Å². The monoisotopic (exact) mass is 199 g/mol. The maximum Gasteiger partial charge on any atom is 0.143 e. The quantitative estimate of drug-likeness (QED) is 0.650. The highest BCUT2D eigenvalue weighted by molar-refractivity contribution is 6.17. The fourth-order valence-electron chi connectivity index (χ4n) is 1.97. The van der Waals surface area contributed by atoms with E-state index >= 15 is 0 Å². The molecule has 1 aromatic heterocycles. The fraction of sp³-hybridized carbons (Fsp3) is 0.700. The molecule has 2 atom stereocenters. The highest BCUT2D eigenvalue weighted by Gasteiger charge is 2.29. The molecule has 0 spiro atoms. The number of nitrogens with zero attached hydrogens (tertiary/aromatic N) is 1. The third kappa shape index (κ3) is 1.37. The lowest BCUT2D eigenvalue weighted by atomic mass is 9.81. The van der Waals surface area contributed by atoms with Crippen LogP contribution in [-0.2, 0) is 12.3 Å². The Morgan fingerprint density at radius 1 is 1.54 bits per heavy atom. The average molecular weight is 200 g/mol. The summed E-state index contributed by atoms with van der Waals surface area (Å²) in [7, 11) is 0. The van der Waals surface area contributed by atoms with Crippen LogP contribution in [0.5, 0.6) is 0 Å². The molecule has 1 aliphatic carbocycles. The minimum Gasteiger partial charge on any atom is -0.361 e. The summed E-state index contributed by atoms with van der Waals surface area (Å²) in [6, 6.07) is 0. The molecule has 0 saturated carbocycles. The predicted molar refractivity (Wildman–Crippen MR) is 52.0 cm³/mol. The summed E-state index contributed by atoms with van der Waals surface area (Å²) >= 11 is 5.77. The minimum absolute atomic E-state index is 0.472. The first kappa shape index (κ1) is 9.07. The van der Waals surface area contributed by atoms with Crippen LogP contribution in [0.4, 0.5) is 0 Å². The van der Waals surface area contributed by atoms with E-state index in [0.29, 0.717) is 17.7 Å². The van der Waals surface area contributed by atoms with Crippen LogP contribution in [0.3, 0.4) is 0 Å². The van der Waals surface area contributed by atoms with Crippen molar-refractivity contribution in [3.63, 3.8) is 0 Å². The third-order valence-corrected chi connectivity index (χ3v) is 3.40. The van der Waals surface area contributed by atoms with Crippen LogP contribution in [0.2, 0.25) is 0 Å². The van der Waals surface area contributed by atoms with Crippen molar-refractivity contribution in [1.82, 2.24) is 5.16 Å². The van der Waals surface area contributed by atoms with Gasteiger partial charge in [-0.25, -0.2) is 0 Å². The van der Waals surface area contributed by atoms with E-state index in [1.807, 2.05) is 0 Å². The summed E-state index contributed by atoms with van der Waals surface area (Å²) in [5, 5.41) is 3.99. The van der Waals surface area contributed by atoms with Gasteiger partial charge in [0.2, 0.25) is 0 Å². The second kappa shape index (κ2) is 3.33. The SMILES string of the molecule is CC1CCc2c(CCl)noc2C1C. The first-order chi connectivity index (χ1) is 6.24. The fourth-order valence-corrected chi connectivity index (χ4v) is 2.18.